The van der Waals surface area contributed by atoms with Gasteiger partial charge >= 0.3 is 11.4 Å². The summed E-state index contributed by atoms with van der Waals surface area (Å²) in [5, 5.41) is 10.5. The van der Waals surface area contributed by atoms with Crippen LogP contribution in [-0.2, 0) is 0 Å². The molecule has 7 heteroatoms. The Hall–Kier alpha value is -1.92. The molecule has 1 fully saturated rings. The van der Waals surface area contributed by atoms with Gasteiger partial charge in [0.05, 0.1) is 4.92 Å². The van der Waals surface area contributed by atoms with E-state index in [1.54, 1.807) is 0 Å². The Morgan fingerprint density at radius 1 is 1.64 bits per heavy atom. The molecule has 1 aromatic heterocycles. The average Bonchev–Trinajstić information content (AvgIpc) is 2.87. The minimum Gasteiger partial charge on any atom is -0.471 e. The average molecular weight is 197 g/mol. The van der Waals surface area contributed by atoms with Crippen molar-refractivity contribution >= 4 is 5.69 Å². The summed E-state index contributed by atoms with van der Waals surface area (Å²) in [6, 6.07) is 0. The van der Waals surface area contributed by atoms with Gasteiger partial charge < -0.3 is 4.74 Å². The number of nitro groups is 1. The minimum atomic E-state index is -0.647. The first-order valence-corrected chi connectivity index (χ1v) is 4.07. The highest BCUT2D eigenvalue weighted by atomic mass is 16.6. The lowest BCUT2D eigenvalue weighted by molar-refractivity contribution is -0.386. The van der Waals surface area contributed by atoms with E-state index in [1.807, 2.05) is 0 Å². The predicted octanol–water partition coefficient (Wildman–Crippen LogP) is 0.219. The standard InChI is InChI=1S/C7H7N3O4/c11-7-8-3-5(10(12)13)6(9-7)14-4-1-2-4/h3-4H,1-2H2,(H,8,9,11). The second-order valence-corrected chi connectivity index (χ2v) is 2.98. The summed E-state index contributed by atoms with van der Waals surface area (Å²) in [5.41, 5.74) is -0.956. The molecule has 0 aliphatic heterocycles. The lowest BCUT2D eigenvalue weighted by atomic mass is 10.5. The van der Waals surface area contributed by atoms with Gasteiger partial charge in [-0.2, -0.15) is 4.98 Å². The molecule has 14 heavy (non-hydrogen) atoms. The number of H-pyrrole nitrogens is 1. The van der Waals surface area contributed by atoms with Crippen LogP contribution in [0.2, 0.25) is 0 Å². The Kier molecular flexibility index (Phi) is 1.91. The van der Waals surface area contributed by atoms with E-state index in [-0.39, 0.29) is 17.7 Å². The molecule has 0 unspecified atom stereocenters. The summed E-state index contributed by atoms with van der Waals surface area (Å²) in [6.45, 7) is 0. The highest BCUT2D eigenvalue weighted by Gasteiger charge is 2.28. The van der Waals surface area contributed by atoms with Gasteiger partial charge in [-0.25, -0.2) is 4.79 Å². The van der Waals surface area contributed by atoms with Crippen molar-refractivity contribution in [3.05, 3.63) is 26.8 Å². The van der Waals surface area contributed by atoms with E-state index >= 15 is 0 Å². The smallest absolute Gasteiger partial charge is 0.348 e. The first-order chi connectivity index (χ1) is 6.66. The van der Waals surface area contributed by atoms with Crippen LogP contribution in [-0.4, -0.2) is 21.0 Å². The van der Waals surface area contributed by atoms with E-state index < -0.39 is 10.6 Å². The molecule has 0 radical (unpaired) electrons. The van der Waals surface area contributed by atoms with Gasteiger partial charge in [0.15, 0.2) is 0 Å². The Morgan fingerprint density at radius 3 is 2.93 bits per heavy atom. The molecule has 1 heterocycles. The van der Waals surface area contributed by atoms with Crippen molar-refractivity contribution in [3.63, 3.8) is 0 Å². The summed E-state index contributed by atoms with van der Waals surface area (Å²) >= 11 is 0. The summed E-state index contributed by atoms with van der Waals surface area (Å²) in [6.07, 6.45) is 2.62. The van der Waals surface area contributed by atoms with Gasteiger partial charge in [-0.05, 0) is 12.8 Å². The fraction of sp³-hybridized carbons (Fsp3) is 0.429. The Morgan fingerprint density at radius 2 is 2.36 bits per heavy atom. The van der Waals surface area contributed by atoms with Crippen LogP contribution in [0.3, 0.4) is 0 Å². The fourth-order valence-corrected chi connectivity index (χ4v) is 0.944. The summed E-state index contributed by atoms with van der Waals surface area (Å²) < 4.78 is 5.16. The van der Waals surface area contributed by atoms with Crippen molar-refractivity contribution in [2.24, 2.45) is 0 Å². The molecule has 1 aromatic rings. The summed E-state index contributed by atoms with van der Waals surface area (Å²) in [5.74, 6) is -0.0995. The van der Waals surface area contributed by atoms with E-state index in [2.05, 4.69) is 9.97 Å². The number of hydrogen-bond donors (Lipinski definition) is 1. The van der Waals surface area contributed by atoms with Crippen LogP contribution in [0.1, 0.15) is 12.8 Å². The molecule has 2 rings (SSSR count). The predicted molar refractivity (Wildman–Crippen MR) is 45.2 cm³/mol. The second kappa shape index (κ2) is 3.09. The van der Waals surface area contributed by atoms with Crippen molar-refractivity contribution in [1.82, 2.24) is 9.97 Å². The third-order valence-corrected chi connectivity index (χ3v) is 1.76. The zero-order valence-corrected chi connectivity index (χ0v) is 7.10. The van der Waals surface area contributed by atoms with E-state index in [0.717, 1.165) is 19.0 Å². The molecular weight excluding hydrogens is 190 g/mol. The molecule has 0 amide bonds. The zero-order valence-electron chi connectivity index (χ0n) is 7.10. The van der Waals surface area contributed by atoms with Crippen molar-refractivity contribution in [3.8, 4) is 5.88 Å². The number of nitrogens with zero attached hydrogens (tertiary/aromatic N) is 2. The molecule has 1 saturated carbocycles. The van der Waals surface area contributed by atoms with Crippen LogP contribution in [0.25, 0.3) is 0 Å². The van der Waals surface area contributed by atoms with Crippen molar-refractivity contribution < 1.29 is 9.66 Å². The van der Waals surface area contributed by atoms with Crippen LogP contribution in [0, 0.1) is 10.1 Å². The van der Waals surface area contributed by atoms with E-state index in [9.17, 15) is 14.9 Å². The normalized spacial score (nSPS) is 15.1. The van der Waals surface area contributed by atoms with Crippen LogP contribution < -0.4 is 10.4 Å². The number of aromatic amines is 1. The van der Waals surface area contributed by atoms with Gasteiger partial charge in [0.2, 0.25) is 0 Å². The molecule has 0 saturated heterocycles. The second-order valence-electron chi connectivity index (χ2n) is 2.98. The minimum absolute atomic E-state index is 0.00764. The molecule has 0 atom stereocenters. The van der Waals surface area contributed by atoms with Crippen LogP contribution in [0.15, 0.2) is 11.0 Å². The first-order valence-electron chi connectivity index (χ1n) is 4.07. The third-order valence-electron chi connectivity index (χ3n) is 1.76. The number of nitrogens with one attached hydrogen (secondary N) is 1. The van der Waals surface area contributed by atoms with Gasteiger partial charge in [-0.3, -0.25) is 15.1 Å². The lowest BCUT2D eigenvalue weighted by Gasteiger charge is -2.02. The third kappa shape index (κ3) is 1.70. The van der Waals surface area contributed by atoms with Gasteiger partial charge in [0, 0.05) is 0 Å². The molecule has 0 bridgehead atoms. The molecular formula is C7H7N3O4. The van der Waals surface area contributed by atoms with E-state index in [4.69, 9.17) is 4.74 Å². The van der Waals surface area contributed by atoms with Crippen LogP contribution in [0.4, 0.5) is 5.69 Å². The molecule has 1 aliphatic rings. The van der Waals surface area contributed by atoms with Gasteiger partial charge in [-0.1, -0.05) is 0 Å². The molecule has 7 nitrogen and oxygen atoms in total. The van der Waals surface area contributed by atoms with Gasteiger partial charge in [0.25, 0.3) is 5.88 Å². The molecule has 0 spiro atoms. The number of aromatic nitrogens is 2. The van der Waals surface area contributed by atoms with Crippen LogP contribution >= 0.6 is 0 Å². The van der Waals surface area contributed by atoms with E-state index in [1.165, 1.54) is 0 Å². The molecule has 1 N–H and O–H groups in total. The van der Waals surface area contributed by atoms with E-state index in [0.29, 0.717) is 0 Å². The first kappa shape index (κ1) is 8.67. The molecule has 1 aliphatic carbocycles. The summed E-state index contributed by atoms with van der Waals surface area (Å²) in [7, 11) is 0. The topological polar surface area (TPSA) is 98.1 Å². The molecule has 74 valence electrons. The molecule has 0 aromatic carbocycles. The monoisotopic (exact) mass is 197 g/mol. The number of hydrogen-bond acceptors (Lipinski definition) is 5. The Bertz CT molecular complexity index is 423. The number of rotatable bonds is 3. The maximum atomic E-state index is 10.8. The highest BCUT2D eigenvalue weighted by Crippen LogP contribution is 2.29. The van der Waals surface area contributed by atoms with Crippen LogP contribution in [0.5, 0.6) is 5.88 Å². The number of ether oxygens (including phenoxy) is 1. The SMILES string of the molecule is O=c1ncc([N+](=O)[O-])c(OC2CC2)[nH]1. The Balaban J connectivity index is 2.36. The van der Waals surface area contributed by atoms with Gasteiger partial charge in [0.1, 0.15) is 12.3 Å². The van der Waals surface area contributed by atoms with Crippen molar-refractivity contribution in [2.45, 2.75) is 18.9 Å². The fourth-order valence-electron chi connectivity index (χ4n) is 0.944. The quantitative estimate of drug-likeness (QED) is 0.552. The van der Waals surface area contributed by atoms with Gasteiger partial charge in [-0.15, -0.1) is 0 Å². The van der Waals surface area contributed by atoms with Crippen molar-refractivity contribution in [1.29, 1.82) is 0 Å². The highest BCUT2D eigenvalue weighted by molar-refractivity contribution is 5.37. The largest absolute Gasteiger partial charge is 0.471 e. The Labute approximate surface area is 77.9 Å². The maximum absolute atomic E-state index is 10.8. The zero-order chi connectivity index (χ0) is 10.1. The van der Waals surface area contributed by atoms with Crippen molar-refractivity contribution in [2.75, 3.05) is 0 Å². The lowest BCUT2D eigenvalue weighted by Crippen LogP contribution is -2.13. The maximum Gasteiger partial charge on any atom is 0.348 e. The summed E-state index contributed by atoms with van der Waals surface area (Å²) in [4.78, 5) is 26.1.